The van der Waals surface area contributed by atoms with Gasteiger partial charge >= 0.3 is 0 Å². The minimum Gasteiger partial charge on any atom is -0.391 e. The Bertz CT molecular complexity index is 302. The molecule has 1 aliphatic heterocycles. The Hall–Kier alpha value is -0.900. The van der Waals surface area contributed by atoms with E-state index in [0.717, 1.165) is 26.1 Å². The van der Waals surface area contributed by atoms with Crippen molar-refractivity contribution in [1.29, 1.82) is 0 Å². The van der Waals surface area contributed by atoms with Crippen molar-refractivity contribution in [1.82, 2.24) is 4.90 Å². The first-order chi connectivity index (χ1) is 7.25. The van der Waals surface area contributed by atoms with Gasteiger partial charge in [-0.2, -0.15) is 0 Å². The number of aliphatic hydroxyl groups is 1. The summed E-state index contributed by atoms with van der Waals surface area (Å²) in [7, 11) is 0. The van der Waals surface area contributed by atoms with Crippen LogP contribution in [0.25, 0.3) is 0 Å². The predicted octanol–water partition coefficient (Wildman–Crippen LogP) is 0.580. The fourth-order valence-corrected chi connectivity index (χ4v) is 2.03. The van der Waals surface area contributed by atoms with E-state index in [0.29, 0.717) is 0 Å². The second kappa shape index (κ2) is 4.75. The number of nitrogens with two attached hydrogens (primary N) is 1. The van der Waals surface area contributed by atoms with E-state index in [1.54, 1.807) is 0 Å². The van der Waals surface area contributed by atoms with Gasteiger partial charge in [-0.1, -0.05) is 30.3 Å². The highest BCUT2D eigenvalue weighted by Gasteiger charge is 2.24. The van der Waals surface area contributed by atoms with Crippen molar-refractivity contribution in [2.45, 2.75) is 25.1 Å². The van der Waals surface area contributed by atoms with Gasteiger partial charge in [0.05, 0.1) is 6.10 Å². The summed E-state index contributed by atoms with van der Waals surface area (Å²) in [6, 6.07) is 10.3. The molecule has 15 heavy (non-hydrogen) atoms. The Labute approximate surface area is 90.5 Å². The molecule has 0 spiro atoms. The Morgan fingerprint density at radius 3 is 2.73 bits per heavy atom. The monoisotopic (exact) mass is 206 g/mol. The van der Waals surface area contributed by atoms with Crippen LogP contribution in [0.15, 0.2) is 30.3 Å². The third kappa shape index (κ3) is 2.78. The van der Waals surface area contributed by atoms with Crippen LogP contribution in [0.2, 0.25) is 0 Å². The summed E-state index contributed by atoms with van der Waals surface area (Å²) in [5.41, 5.74) is 7.14. The summed E-state index contributed by atoms with van der Waals surface area (Å²) in [6.45, 7) is 2.65. The summed E-state index contributed by atoms with van der Waals surface area (Å²) in [4.78, 5) is 2.30. The maximum Gasteiger partial charge on any atom is 0.0715 e. The molecule has 1 aromatic rings. The summed E-state index contributed by atoms with van der Waals surface area (Å²) in [6.07, 6.45) is 0.464. The summed E-state index contributed by atoms with van der Waals surface area (Å²) in [5.74, 6) is 0. The molecule has 82 valence electrons. The molecule has 0 saturated carbocycles. The lowest BCUT2D eigenvalue weighted by atomic mass is 10.0. The fourth-order valence-electron chi connectivity index (χ4n) is 2.03. The average Bonchev–Trinajstić information content (AvgIpc) is 2.25. The first-order valence-electron chi connectivity index (χ1n) is 5.45. The third-order valence-electron chi connectivity index (χ3n) is 2.95. The molecule has 3 heteroatoms. The first kappa shape index (κ1) is 10.6. The minimum absolute atomic E-state index is 0.0949. The van der Waals surface area contributed by atoms with E-state index < -0.39 is 0 Å². The maximum absolute atomic E-state index is 9.51. The molecule has 3 nitrogen and oxygen atoms in total. The van der Waals surface area contributed by atoms with E-state index in [9.17, 15) is 5.11 Å². The van der Waals surface area contributed by atoms with Crippen LogP contribution in [0.3, 0.4) is 0 Å². The number of benzene rings is 1. The van der Waals surface area contributed by atoms with Crippen LogP contribution in [-0.4, -0.2) is 35.2 Å². The van der Waals surface area contributed by atoms with Crippen molar-refractivity contribution in [3.8, 4) is 0 Å². The zero-order valence-electron chi connectivity index (χ0n) is 8.84. The normalized spacial score (nSPS) is 27.9. The molecule has 2 atom stereocenters. The van der Waals surface area contributed by atoms with E-state index in [1.165, 1.54) is 5.56 Å². The van der Waals surface area contributed by atoms with Crippen LogP contribution in [0.4, 0.5) is 0 Å². The van der Waals surface area contributed by atoms with Gasteiger partial charge in [-0.15, -0.1) is 0 Å². The number of hydrogen-bond donors (Lipinski definition) is 2. The highest BCUT2D eigenvalue weighted by atomic mass is 16.3. The van der Waals surface area contributed by atoms with E-state index in [4.69, 9.17) is 5.73 Å². The number of aliphatic hydroxyl groups excluding tert-OH is 1. The van der Waals surface area contributed by atoms with E-state index >= 15 is 0 Å². The van der Waals surface area contributed by atoms with Gasteiger partial charge in [0.2, 0.25) is 0 Å². The molecule has 1 fully saturated rings. The van der Waals surface area contributed by atoms with E-state index in [-0.39, 0.29) is 12.1 Å². The molecule has 1 aliphatic rings. The first-order valence-corrected chi connectivity index (χ1v) is 5.45. The number of rotatable bonds is 2. The summed E-state index contributed by atoms with van der Waals surface area (Å²) >= 11 is 0. The third-order valence-corrected chi connectivity index (χ3v) is 2.95. The van der Waals surface area contributed by atoms with Crippen molar-refractivity contribution in [3.05, 3.63) is 35.9 Å². The molecule has 3 N–H and O–H groups in total. The topological polar surface area (TPSA) is 49.5 Å². The maximum atomic E-state index is 9.51. The molecule has 0 amide bonds. The molecular weight excluding hydrogens is 188 g/mol. The average molecular weight is 206 g/mol. The molecule has 0 aliphatic carbocycles. The van der Waals surface area contributed by atoms with Crippen LogP contribution in [0.5, 0.6) is 0 Å². The second-order valence-electron chi connectivity index (χ2n) is 4.24. The molecule has 1 unspecified atom stereocenters. The molecule has 1 saturated heterocycles. The van der Waals surface area contributed by atoms with Gasteiger partial charge in [0.1, 0.15) is 0 Å². The predicted molar refractivity (Wildman–Crippen MR) is 60.3 cm³/mol. The summed E-state index contributed by atoms with van der Waals surface area (Å²) < 4.78 is 0. The quantitative estimate of drug-likeness (QED) is 0.744. The van der Waals surface area contributed by atoms with Crippen LogP contribution in [-0.2, 0) is 6.54 Å². The van der Waals surface area contributed by atoms with Crippen molar-refractivity contribution >= 4 is 0 Å². The second-order valence-corrected chi connectivity index (χ2v) is 4.24. The number of piperidine rings is 1. The lowest BCUT2D eigenvalue weighted by Gasteiger charge is -2.34. The van der Waals surface area contributed by atoms with Gasteiger partial charge in [0.25, 0.3) is 0 Å². The Morgan fingerprint density at radius 2 is 2.07 bits per heavy atom. The molecule has 1 aromatic carbocycles. The Morgan fingerprint density at radius 1 is 1.33 bits per heavy atom. The SMILES string of the molecule is NC1CN(Cc2ccccc2)CC[C@H]1O. The molecule has 0 aromatic heterocycles. The van der Waals surface area contributed by atoms with E-state index in [2.05, 4.69) is 17.0 Å². The van der Waals surface area contributed by atoms with Gasteiger partial charge in [0, 0.05) is 25.7 Å². The fraction of sp³-hybridized carbons (Fsp3) is 0.500. The Balaban J connectivity index is 1.91. The van der Waals surface area contributed by atoms with Crippen LogP contribution in [0, 0.1) is 0 Å². The highest BCUT2D eigenvalue weighted by molar-refractivity contribution is 5.14. The molecule has 2 rings (SSSR count). The van der Waals surface area contributed by atoms with Gasteiger partial charge in [-0.3, -0.25) is 4.90 Å². The van der Waals surface area contributed by atoms with Gasteiger partial charge < -0.3 is 10.8 Å². The lowest BCUT2D eigenvalue weighted by Crippen LogP contribution is -2.50. The minimum atomic E-state index is -0.322. The Kier molecular flexibility index (Phi) is 3.36. The van der Waals surface area contributed by atoms with Crippen molar-refractivity contribution < 1.29 is 5.11 Å². The number of hydrogen-bond acceptors (Lipinski definition) is 3. The van der Waals surface area contributed by atoms with E-state index in [1.807, 2.05) is 18.2 Å². The largest absolute Gasteiger partial charge is 0.391 e. The lowest BCUT2D eigenvalue weighted by molar-refractivity contribution is 0.0594. The molecule has 0 radical (unpaired) electrons. The van der Waals surface area contributed by atoms with Crippen LogP contribution in [0.1, 0.15) is 12.0 Å². The molecule has 0 bridgehead atoms. The highest BCUT2D eigenvalue weighted by Crippen LogP contribution is 2.12. The van der Waals surface area contributed by atoms with Crippen molar-refractivity contribution in [2.24, 2.45) is 5.73 Å². The zero-order valence-corrected chi connectivity index (χ0v) is 8.84. The van der Waals surface area contributed by atoms with Crippen molar-refractivity contribution in [3.63, 3.8) is 0 Å². The standard InChI is InChI=1S/C12H18N2O/c13-11-9-14(7-6-12(11)15)8-10-4-2-1-3-5-10/h1-5,11-12,15H,6-9,13H2/t11?,12-/m1/s1. The number of nitrogens with zero attached hydrogens (tertiary/aromatic N) is 1. The molecule has 1 heterocycles. The van der Waals surface area contributed by atoms with Crippen LogP contribution >= 0.6 is 0 Å². The van der Waals surface area contributed by atoms with Crippen LogP contribution < -0.4 is 5.73 Å². The van der Waals surface area contributed by atoms with Gasteiger partial charge in [-0.05, 0) is 12.0 Å². The zero-order chi connectivity index (χ0) is 10.7. The van der Waals surface area contributed by atoms with Gasteiger partial charge in [-0.25, -0.2) is 0 Å². The number of likely N-dealkylation sites (tertiary alicyclic amines) is 1. The van der Waals surface area contributed by atoms with Gasteiger partial charge in [0.15, 0.2) is 0 Å². The van der Waals surface area contributed by atoms with Crippen molar-refractivity contribution in [2.75, 3.05) is 13.1 Å². The summed E-state index contributed by atoms with van der Waals surface area (Å²) in [5, 5.41) is 9.51. The molecular formula is C12H18N2O. The smallest absolute Gasteiger partial charge is 0.0715 e.